The molecule has 3 aromatic heterocycles. The molecule has 0 aliphatic carbocycles. The van der Waals surface area contributed by atoms with Crippen LogP contribution in [0, 0.1) is 0 Å². The van der Waals surface area contributed by atoms with Crippen LogP contribution in [0.1, 0.15) is 10.4 Å². The third kappa shape index (κ3) is 1.83. The molecule has 3 rings (SSSR count). The summed E-state index contributed by atoms with van der Waals surface area (Å²) in [6, 6.07) is 7.45. The van der Waals surface area contributed by atoms with Gasteiger partial charge in [-0.1, -0.05) is 6.07 Å². The monoisotopic (exact) mass is 253 g/mol. The van der Waals surface area contributed by atoms with Crippen LogP contribution in [0.4, 0.5) is 0 Å². The second-order valence-electron chi connectivity index (χ2n) is 3.92. The number of rotatable bonds is 2. The first-order valence-corrected chi connectivity index (χ1v) is 5.77. The standard InChI is InChI=1S/C13H11N5O/c1-14-13(19)9-8-17-18-11(5-7-16-12(9)18)10-4-2-3-6-15-10/h2-8H,1H3,(H,14,19). The van der Waals surface area contributed by atoms with Crippen molar-refractivity contribution in [2.24, 2.45) is 0 Å². The minimum absolute atomic E-state index is 0.208. The van der Waals surface area contributed by atoms with Crippen molar-refractivity contribution in [3.8, 4) is 11.4 Å². The molecular formula is C13H11N5O. The van der Waals surface area contributed by atoms with E-state index in [0.717, 1.165) is 11.4 Å². The highest BCUT2D eigenvalue weighted by atomic mass is 16.1. The Kier molecular flexibility index (Phi) is 2.68. The van der Waals surface area contributed by atoms with Crippen LogP contribution in [-0.4, -0.2) is 32.5 Å². The van der Waals surface area contributed by atoms with Gasteiger partial charge in [0.2, 0.25) is 0 Å². The van der Waals surface area contributed by atoms with Gasteiger partial charge in [-0.3, -0.25) is 9.78 Å². The quantitative estimate of drug-likeness (QED) is 0.743. The molecule has 0 aliphatic heterocycles. The van der Waals surface area contributed by atoms with Crippen molar-refractivity contribution >= 4 is 11.6 Å². The summed E-state index contributed by atoms with van der Waals surface area (Å²) in [5, 5.41) is 6.79. The largest absolute Gasteiger partial charge is 0.355 e. The predicted molar refractivity (Wildman–Crippen MR) is 69.6 cm³/mol. The number of carbonyl (C=O) groups excluding carboxylic acids is 1. The van der Waals surface area contributed by atoms with Gasteiger partial charge in [-0.05, 0) is 18.2 Å². The van der Waals surface area contributed by atoms with E-state index in [0.29, 0.717) is 11.2 Å². The molecule has 0 spiro atoms. The molecule has 0 fully saturated rings. The Morgan fingerprint density at radius 2 is 2.11 bits per heavy atom. The maximum Gasteiger partial charge on any atom is 0.256 e. The topological polar surface area (TPSA) is 72.2 Å². The summed E-state index contributed by atoms with van der Waals surface area (Å²) in [5.41, 5.74) is 2.53. The van der Waals surface area contributed by atoms with Gasteiger partial charge in [0.05, 0.1) is 17.6 Å². The third-order valence-electron chi connectivity index (χ3n) is 2.80. The smallest absolute Gasteiger partial charge is 0.256 e. The number of fused-ring (bicyclic) bond motifs is 1. The molecule has 19 heavy (non-hydrogen) atoms. The number of nitrogens with zero attached hydrogens (tertiary/aromatic N) is 4. The molecular weight excluding hydrogens is 242 g/mol. The summed E-state index contributed by atoms with van der Waals surface area (Å²) in [6.07, 6.45) is 4.87. The van der Waals surface area contributed by atoms with Crippen molar-refractivity contribution in [2.75, 3.05) is 7.05 Å². The minimum Gasteiger partial charge on any atom is -0.355 e. The predicted octanol–water partition coefficient (Wildman–Crippen LogP) is 1.15. The zero-order chi connectivity index (χ0) is 13.2. The lowest BCUT2D eigenvalue weighted by molar-refractivity contribution is 0.0964. The molecule has 1 amide bonds. The van der Waals surface area contributed by atoms with Crippen LogP contribution in [0.25, 0.3) is 17.0 Å². The first-order valence-electron chi connectivity index (χ1n) is 5.77. The fourth-order valence-electron chi connectivity index (χ4n) is 1.89. The Balaban J connectivity index is 2.23. The zero-order valence-corrected chi connectivity index (χ0v) is 10.2. The molecule has 0 unspecified atom stereocenters. The number of nitrogens with one attached hydrogen (secondary N) is 1. The molecule has 6 heteroatoms. The maximum absolute atomic E-state index is 11.7. The Hall–Kier alpha value is -2.76. The number of pyridine rings is 1. The fraction of sp³-hybridized carbons (Fsp3) is 0.0769. The summed E-state index contributed by atoms with van der Waals surface area (Å²) in [4.78, 5) is 20.2. The van der Waals surface area contributed by atoms with Crippen molar-refractivity contribution in [1.82, 2.24) is 24.9 Å². The van der Waals surface area contributed by atoms with Crippen molar-refractivity contribution in [2.45, 2.75) is 0 Å². The van der Waals surface area contributed by atoms with Gasteiger partial charge < -0.3 is 5.32 Å². The van der Waals surface area contributed by atoms with Crippen LogP contribution in [0.5, 0.6) is 0 Å². The zero-order valence-electron chi connectivity index (χ0n) is 10.2. The van der Waals surface area contributed by atoms with Crippen molar-refractivity contribution in [3.63, 3.8) is 0 Å². The van der Waals surface area contributed by atoms with E-state index < -0.39 is 0 Å². The van der Waals surface area contributed by atoms with Crippen LogP contribution in [0.2, 0.25) is 0 Å². The van der Waals surface area contributed by atoms with Gasteiger partial charge >= 0.3 is 0 Å². The average molecular weight is 253 g/mol. The summed E-state index contributed by atoms with van der Waals surface area (Å²) in [5.74, 6) is -0.208. The molecule has 0 radical (unpaired) electrons. The molecule has 0 aliphatic rings. The number of amides is 1. The van der Waals surface area contributed by atoms with E-state index in [4.69, 9.17) is 0 Å². The normalized spacial score (nSPS) is 10.6. The molecule has 0 saturated carbocycles. The summed E-state index contributed by atoms with van der Waals surface area (Å²) in [6.45, 7) is 0. The summed E-state index contributed by atoms with van der Waals surface area (Å²) >= 11 is 0. The van der Waals surface area contributed by atoms with Crippen molar-refractivity contribution in [3.05, 3.63) is 48.4 Å². The average Bonchev–Trinajstić information content (AvgIpc) is 2.91. The molecule has 0 bridgehead atoms. The third-order valence-corrected chi connectivity index (χ3v) is 2.80. The highest BCUT2D eigenvalue weighted by molar-refractivity contribution is 5.99. The Bertz CT molecular complexity index is 735. The van der Waals surface area contributed by atoms with Crippen LogP contribution < -0.4 is 5.32 Å². The number of hydrogen-bond acceptors (Lipinski definition) is 4. The minimum atomic E-state index is -0.208. The molecule has 94 valence electrons. The fourth-order valence-corrected chi connectivity index (χ4v) is 1.89. The molecule has 3 aromatic rings. The van der Waals surface area contributed by atoms with Crippen molar-refractivity contribution < 1.29 is 4.79 Å². The van der Waals surface area contributed by atoms with Crippen molar-refractivity contribution in [1.29, 1.82) is 0 Å². The van der Waals surface area contributed by atoms with E-state index in [1.54, 1.807) is 24.0 Å². The Labute approximate surface area is 109 Å². The van der Waals surface area contributed by atoms with E-state index in [2.05, 4.69) is 20.4 Å². The SMILES string of the molecule is CNC(=O)c1cnn2c(-c3ccccn3)ccnc12. The maximum atomic E-state index is 11.7. The highest BCUT2D eigenvalue weighted by Crippen LogP contribution is 2.18. The molecule has 0 saturated heterocycles. The van der Waals surface area contributed by atoms with E-state index in [9.17, 15) is 4.79 Å². The molecule has 3 heterocycles. The lowest BCUT2D eigenvalue weighted by Crippen LogP contribution is -2.17. The Morgan fingerprint density at radius 1 is 1.21 bits per heavy atom. The van der Waals surface area contributed by atoms with Gasteiger partial charge in [0.15, 0.2) is 5.65 Å². The van der Waals surface area contributed by atoms with Gasteiger partial charge in [0, 0.05) is 19.4 Å². The molecule has 6 nitrogen and oxygen atoms in total. The first kappa shape index (κ1) is 11.3. The summed E-state index contributed by atoms with van der Waals surface area (Å²) in [7, 11) is 1.58. The van der Waals surface area contributed by atoms with E-state index >= 15 is 0 Å². The van der Waals surface area contributed by atoms with Gasteiger partial charge in [0.1, 0.15) is 5.56 Å². The van der Waals surface area contributed by atoms with Gasteiger partial charge in [0.25, 0.3) is 5.91 Å². The van der Waals surface area contributed by atoms with Gasteiger partial charge in [-0.25, -0.2) is 9.50 Å². The van der Waals surface area contributed by atoms with Crippen LogP contribution >= 0.6 is 0 Å². The molecule has 0 aromatic carbocycles. The number of carbonyl (C=O) groups is 1. The number of hydrogen-bond donors (Lipinski definition) is 1. The number of aromatic nitrogens is 4. The summed E-state index contributed by atoms with van der Waals surface area (Å²) < 4.78 is 1.62. The van der Waals surface area contributed by atoms with Gasteiger partial charge in [-0.2, -0.15) is 5.10 Å². The highest BCUT2D eigenvalue weighted by Gasteiger charge is 2.14. The van der Waals surface area contributed by atoms with Crippen LogP contribution in [0.15, 0.2) is 42.9 Å². The van der Waals surface area contributed by atoms with Gasteiger partial charge in [-0.15, -0.1) is 0 Å². The Morgan fingerprint density at radius 3 is 2.84 bits per heavy atom. The lowest BCUT2D eigenvalue weighted by Gasteiger charge is -2.03. The second-order valence-corrected chi connectivity index (χ2v) is 3.92. The van der Waals surface area contributed by atoms with E-state index in [-0.39, 0.29) is 5.91 Å². The molecule has 0 atom stereocenters. The second kappa shape index (κ2) is 4.49. The first-order chi connectivity index (χ1) is 9.31. The molecule has 1 N–H and O–H groups in total. The van der Waals surface area contributed by atoms with Crippen LogP contribution in [0.3, 0.4) is 0 Å². The van der Waals surface area contributed by atoms with E-state index in [1.807, 2.05) is 24.3 Å². The lowest BCUT2D eigenvalue weighted by atomic mass is 10.2. The van der Waals surface area contributed by atoms with E-state index in [1.165, 1.54) is 6.20 Å². The van der Waals surface area contributed by atoms with Crippen LogP contribution in [-0.2, 0) is 0 Å².